The van der Waals surface area contributed by atoms with Crippen molar-refractivity contribution in [2.75, 3.05) is 6.61 Å². The van der Waals surface area contributed by atoms with E-state index in [4.69, 9.17) is 9.47 Å². The largest absolute Gasteiger partial charge is 0.343 e. The zero-order valence-corrected chi connectivity index (χ0v) is 9.88. The zero-order chi connectivity index (χ0) is 11.1. The summed E-state index contributed by atoms with van der Waals surface area (Å²) in [5.74, 6) is 0.0559. The number of hydrogen-bond donors (Lipinski definition) is 0. The fourth-order valence-corrected chi connectivity index (χ4v) is 2.38. The minimum absolute atomic E-state index is 0.206. The van der Waals surface area contributed by atoms with Gasteiger partial charge in [-0.15, -0.1) is 0 Å². The van der Waals surface area contributed by atoms with Gasteiger partial charge in [0.25, 0.3) is 0 Å². The molecule has 3 unspecified atom stereocenters. The van der Waals surface area contributed by atoms with Gasteiger partial charge in [-0.2, -0.15) is 0 Å². The third kappa shape index (κ3) is 1.88. The van der Waals surface area contributed by atoms with Crippen LogP contribution in [-0.4, -0.2) is 18.5 Å². The maximum Gasteiger partial charge on any atom is 0.191 e. The zero-order valence-electron chi connectivity index (χ0n) is 9.88. The molecule has 0 aromatic rings. The molecule has 0 saturated carbocycles. The van der Waals surface area contributed by atoms with Gasteiger partial charge in [-0.25, -0.2) is 0 Å². The maximum atomic E-state index is 5.95. The van der Waals surface area contributed by atoms with E-state index in [1.165, 1.54) is 11.1 Å². The Balaban J connectivity index is 2.21. The molecule has 84 valence electrons. The van der Waals surface area contributed by atoms with Crippen molar-refractivity contribution in [1.29, 1.82) is 0 Å². The van der Waals surface area contributed by atoms with E-state index in [0.29, 0.717) is 12.5 Å². The molecule has 0 bridgehead atoms. The molecule has 1 aliphatic heterocycles. The molecule has 0 aromatic carbocycles. The van der Waals surface area contributed by atoms with Crippen LogP contribution < -0.4 is 0 Å². The normalized spacial score (nSPS) is 40.6. The van der Waals surface area contributed by atoms with Crippen LogP contribution in [0.2, 0.25) is 0 Å². The topological polar surface area (TPSA) is 18.5 Å². The Morgan fingerprint density at radius 3 is 2.87 bits per heavy atom. The summed E-state index contributed by atoms with van der Waals surface area (Å²) in [6.45, 7) is 11.0. The predicted octanol–water partition coefficient (Wildman–Crippen LogP) is 3.05. The van der Waals surface area contributed by atoms with Gasteiger partial charge in [-0.1, -0.05) is 18.2 Å². The SMILES string of the molecule is C=C(C)C1CC=C(C)C2(C1)OCC(C)O2. The lowest BCUT2D eigenvalue weighted by Gasteiger charge is -2.36. The van der Waals surface area contributed by atoms with E-state index in [1.807, 2.05) is 0 Å². The Hall–Kier alpha value is -0.600. The second-order valence-corrected chi connectivity index (χ2v) is 4.86. The van der Waals surface area contributed by atoms with Crippen LogP contribution in [0.25, 0.3) is 0 Å². The highest BCUT2D eigenvalue weighted by Crippen LogP contribution is 2.42. The summed E-state index contributed by atoms with van der Waals surface area (Å²) in [5.41, 5.74) is 2.45. The smallest absolute Gasteiger partial charge is 0.191 e. The summed E-state index contributed by atoms with van der Waals surface area (Å²) in [4.78, 5) is 0. The van der Waals surface area contributed by atoms with E-state index in [1.54, 1.807) is 0 Å². The third-order valence-corrected chi connectivity index (χ3v) is 3.46. The van der Waals surface area contributed by atoms with Crippen LogP contribution in [0.5, 0.6) is 0 Å². The monoisotopic (exact) mass is 208 g/mol. The molecule has 2 rings (SSSR count). The highest BCUT2D eigenvalue weighted by Gasteiger charge is 2.45. The molecule has 2 heteroatoms. The second kappa shape index (κ2) is 3.76. The fourth-order valence-electron chi connectivity index (χ4n) is 2.38. The summed E-state index contributed by atoms with van der Waals surface area (Å²) in [6.07, 6.45) is 4.44. The molecule has 2 aliphatic rings. The number of hydrogen-bond acceptors (Lipinski definition) is 2. The van der Waals surface area contributed by atoms with Gasteiger partial charge in [0, 0.05) is 6.42 Å². The third-order valence-electron chi connectivity index (χ3n) is 3.46. The number of allylic oxidation sites excluding steroid dienone is 2. The maximum absolute atomic E-state index is 5.95. The molecule has 2 nitrogen and oxygen atoms in total. The van der Waals surface area contributed by atoms with Gasteiger partial charge in [-0.3, -0.25) is 0 Å². The van der Waals surface area contributed by atoms with Crippen LogP contribution in [0.1, 0.15) is 33.6 Å². The van der Waals surface area contributed by atoms with Gasteiger partial charge in [-0.05, 0) is 38.7 Å². The van der Waals surface area contributed by atoms with Crippen molar-refractivity contribution in [3.63, 3.8) is 0 Å². The molecule has 0 aromatic heterocycles. The molecule has 3 atom stereocenters. The second-order valence-electron chi connectivity index (χ2n) is 4.86. The van der Waals surface area contributed by atoms with Crippen molar-refractivity contribution in [3.05, 3.63) is 23.8 Å². The lowest BCUT2D eigenvalue weighted by Crippen LogP contribution is -2.37. The summed E-state index contributed by atoms with van der Waals surface area (Å²) in [5, 5.41) is 0. The van der Waals surface area contributed by atoms with E-state index < -0.39 is 5.79 Å². The van der Waals surface area contributed by atoms with Crippen molar-refractivity contribution < 1.29 is 9.47 Å². The minimum Gasteiger partial charge on any atom is -0.343 e. The van der Waals surface area contributed by atoms with E-state index in [2.05, 4.69) is 33.4 Å². The summed E-state index contributed by atoms with van der Waals surface area (Å²) >= 11 is 0. The molecule has 0 N–H and O–H groups in total. The van der Waals surface area contributed by atoms with Crippen molar-refractivity contribution in [3.8, 4) is 0 Å². The molecule has 1 fully saturated rings. The molecule has 1 heterocycles. The fraction of sp³-hybridized carbons (Fsp3) is 0.692. The lowest BCUT2D eigenvalue weighted by molar-refractivity contribution is -0.150. The first-order valence-electron chi connectivity index (χ1n) is 5.68. The molecule has 1 spiro atoms. The molecule has 1 aliphatic carbocycles. The van der Waals surface area contributed by atoms with Crippen molar-refractivity contribution in [2.45, 2.75) is 45.5 Å². The molecule has 0 amide bonds. The predicted molar refractivity (Wildman–Crippen MR) is 60.5 cm³/mol. The summed E-state index contributed by atoms with van der Waals surface area (Å²) in [6, 6.07) is 0. The van der Waals surface area contributed by atoms with Gasteiger partial charge in [0.2, 0.25) is 0 Å². The highest BCUT2D eigenvalue weighted by atomic mass is 16.7. The van der Waals surface area contributed by atoms with E-state index in [-0.39, 0.29) is 6.10 Å². The lowest BCUT2D eigenvalue weighted by atomic mass is 9.82. The molecular formula is C13H20O2. The Morgan fingerprint density at radius 1 is 1.60 bits per heavy atom. The molecular weight excluding hydrogens is 188 g/mol. The van der Waals surface area contributed by atoms with E-state index >= 15 is 0 Å². The van der Waals surface area contributed by atoms with Crippen LogP contribution >= 0.6 is 0 Å². The summed E-state index contributed by atoms with van der Waals surface area (Å²) < 4.78 is 11.8. The van der Waals surface area contributed by atoms with Crippen LogP contribution in [0, 0.1) is 5.92 Å². The van der Waals surface area contributed by atoms with Crippen molar-refractivity contribution in [1.82, 2.24) is 0 Å². The first-order chi connectivity index (χ1) is 7.03. The van der Waals surface area contributed by atoms with Crippen molar-refractivity contribution in [2.24, 2.45) is 5.92 Å². The van der Waals surface area contributed by atoms with Gasteiger partial charge in [0.05, 0.1) is 12.7 Å². The van der Waals surface area contributed by atoms with Crippen molar-refractivity contribution >= 4 is 0 Å². The average molecular weight is 208 g/mol. The summed E-state index contributed by atoms with van der Waals surface area (Å²) in [7, 11) is 0. The van der Waals surface area contributed by atoms with Crippen LogP contribution in [-0.2, 0) is 9.47 Å². The Bertz CT molecular complexity index is 306. The first-order valence-corrected chi connectivity index (χ1v) is 5.68. The van der Waals surface area contributed by atoms with Crippen LogP contribution in [0.3, 0.4) is 0 Å². The van der Waals surface area contributed by atoms with E-state index in [9.17, 15) is 0 Å². The van der Waals surface area contributed by atoms with Gasteiger partial charge >= 0.3 is 0 Å². The first kappa shape index (κ1) is 10.9. The quantitative estimate of drug-likeness (QED) is 0.617. The van der Waals surface area contributed by atoms with Gasteiger partial charge in [0.15, 0.2) is 5.79 Å². The van der Waals surface area contributed by atoms with Gasteiger partial charge in [0.1, 0.15) is 0 Å². The standard InChI is InChI=1S/C13H20O2/c1-9(2)12-6-5-10(3)13(7-12)14-8-11(4)15-13/h5,11-12H,1,6-8H2,2-4H3. The number of rotatable bonds is 1. The Kier molecular flexibility index (Phi) is 2.73. The van der Waals surface area contributed by atoms with Crippen LogP contribution in [0.15, 0.2) is 23.8 Å². The Morgan fingerprint density at radius 2 is 2.33 bits per heavy atom. The Labute approximate surface area is 92.0 Å². The molecule has 1 saturated heterocycles. The highest BCUT2D eigenvalue weighted by molar-refractivity contribution is 5.20. The molecule has 0 radical (unpaired) electrons. The number of ether oxygens (including phenoxy) is 2. The molecule has 15 heavy (non-hydrogen) atoms. The van der Waals surface area contributed by atoms with Gasteiger partial charge < -0.3 is 9.47 Å². The van der Waals surface area contributed by atoms with Crippen LogP contribution in [0.4, 0.5) is 0 Å². The minimum atomic E-state index is -0.443. The average Bonchev–Trinajstić information content (AvgIpc) is 2.53. The van der Waals surface area contributed by atoms with E-state index in [0.717, 1.165) is 12.8 Å².